The molecule has 2 aliphatic rings. The zero-order chi connectivity index (χ0) is 14.1. The highest BCUT2D eigenvalue weighted by Gasteiger charge is 2.40. The minimum atomic E-state index is -0.811. The van der Waals surface area contributed by atoms with Gasteiger partial charge in [-0.2, -0.15) is 0 Å². The zero-order valence-electron chi connectivity index (χ0n) is 11.1. The molecule has 1 aromatic rings. The van der Waals surface area contributed by atoms with Gasteiger partial charge in [0.15, 0.2) is 0 Å². The van der Waals surface area contributed by atoms with Gasteiger partial charge in [-0.1, -0.05) is 0 Å². The second kappa shape index (κ2) is 5.54. The molecule has 7 heteroatoms. The van der Waals surface area contributed by atoms with Gasteiger partial charge in [0.25, 0.3) is 0 Å². The lowest BCUT2D eigenvalue weighted by Crippen LogP contribution is -2.44. The molecule has 0 aromatic carbocycles. The molecule has 3 heterocycles. The number of halogens is 1. The van der Waals surface area contributed by atoms with Crippen molar-refractivity contribution in [3.63, 3.8) is 0 Å². The predicted octanol–water partition coefficient (Wildman–Crippen LogP) is 1.70. The lowest BCUT2D eigenvalue weighted by atomic mass is 9.92. The molecule has 2 saturated heterocycles. The Labute approximate surface area is 122 Å². The van der Waals surface area contributed by atoms with Crippen LogP contribution >= 0.6 is 11.6 Å². The van der Waals surface area contributed by atoms with Crippen molar-refractivity contribution in [2.24, 2.45) is 5.92 Å². The minimum absolute atomic E-state index is 0.253. The van der Waals surface area contributed by atoms with Gasteiger partial charge < -0.3 is 10.0 Å². The third-order valence-electron chi connectivity index (χ3n) is 4.23. The number of carboxylic acid groups (broad SMARTS) is 1. The van der Waals surface area contributed by atoms with Crippen LogP contribution in [-0.2, 0) is 6.54 Å². The summed E-state index contributed by atoms with van der Waals surface area (Å²) >= 11 is 5.69. The maximum atomic E-state index is 11.1. The second-order valence-electron chi connectivity index (χ2n) is 5.49. The van der Waals surface area contributed by atoms with Gasteiger partial charge in [-0.15, -0.1) is 0 Å². The van der Waals surface area contributed by atoms with Gasteiger partial charge in [-0.25, -0.2) is 14.8 Å². The number of likely N-dealkylation sites (tertiary alicyclic amines) is 2. The molecular weight excluding hydrogens is 280 g/mol. The molecule has 1 aromatic heterocycles. The molecule has 108 valence electrons. The summed E-state index contributed by atoms with van der Waals surface area (Å²) in [5, 5.41) is 9.39. The fourth-order valence-electron chi connectivity index (χ4n) is 3.28. The van der Waals surface area contributed by atoms with Gasteiger partial charge >= 0.3 is 6.09 Å². The van der Waals surface area contributed by atoms with E-state index in [9.17, 15) is 4.79 Å². The van der Waals surface area contributed by atoms with Crippen molar-refractivity contribution in [1.82, 2.24) is 19.8 Å². The molecule has 2 fully saturated rings. The number of rotatable bonds is 2. The van der Waals surface area contributed by atoms with Crippen LogP contribution in [0.3, 0.4) is 0 Å². The number of carbonyl (C=O) groups is 1. The number of nitrogens with zero attached hydrogens (tertiary/aromatic N) is 4. The molecule has 0 spiro atoms. The quantitative estimate of drug-likeness (QED) is 0.841. The molecule has 6 nitrogen and oxygen atoms in total. The van der Waals surface area contributed by atoms with E-state index in [0.29, 0.717) is 25.0 Å². The van der Waals surface area contributed by atoms with E-state index in [0.717, 1.165) is 31.5 Å². The third-order valence-corrected chi connectivity index (χ3v) is 4.42. The molecular formula is C13H17ClN4O2. The van der Waals surface area contributed by atoms with Crippen molar-refractivity contribution in [2.45, 2.75) is 25.4 Å². The summed E-state index contributed by atoms with van der Waals surface area (Å²) in [6, 6.07) is 0.315. The number of amides is 1. The second-order valence-corrected chi connectivity index (χ2v) is 5.83. The molecule has 0 unspecified atom stereocenters. The first-order valence-corrected chi connectivity index (χ1v) is 7.19. The van der Waals surface area contributed by atoms with Crippen LogP contribution < -0.4 is 0 Å². The Morgan fingerprint density at radius 2 is 2.15 bits per heavy atom. The van der Waals surface area contributed by atoms with Crippen molar-refractivity contribution in [3.8, 4) is 0 Å². The average molecular weight is 297 g/mol. The van der Waals surface area contributed by atoms with Crippen molar-refractivity contribution in [3.05, 3.63) is 23.2 Å². The fraction of sp³-hybridized carbons (Fsp3) is 0.615. The fourth-order valence-corrected chi connectivity index (χ4v) is 3.38. The van der Waals surface area contributed by atoms with Crippen molar-refractivity contribution < 1.29 is 9.90 Å². The van der Waals surface area contributed by atoms with Gasteiger partial charge in [-0.3, -0.25) is 4.90 Å². The van der Waals surface area contributed by atoms with Gasteiger partial charge in [0.05, 0.1) is 0 Å². The Balaban J connectivity index is 1.70. The van der Waals surface area contributed by atoms with E-state index >= 15 is 0 Å². The van der Waals surface area contributed by atoms with Crippen LogP contribution in [0.25, 0.3) is 0 Å². The summed E-state index contributed by atoms with van der Waals surface area (Å²) in [7, 11) is 0. The summed E-state index contributed by atoms with van der Waals surface area (Å²) in [6.45, 7) is 3.02. The standard InChI is InChI=1S/C13H17ClN4O2/c14-12-15-4-9(5-16-12)6-17-3-1-2-10-7-18(13(19)20)8-11(10)17/h4-5,10-11H,1-3,6-8H2,(H,19,20)/t10-,11+/m0/s1. The largest absolute Gasteiger partial charge is 0.465 e. The molecule has 1 amide bonds. The lowest BCUT2D eigenvalue weighted by Gasteiger charge is -2.36. The van der Waals surface area contributed by atoms with Gasteiger partial charge in [-0.05, 0) is 36.9 Å². The van der Waals surface area contributed by atoms with Crippen LogP contribution in [0.2, 0.25) is 5.28 Å². The highest BCUT2D eigenvalue weighted by molar-refractivity contribution is 6.28. The molecule has 0 radical (unpaired) electrons. The molecule has 2 atom stereocenters. The molecule has 20 heavy (non-hydrogen) atoms. The molecule has 0 aliphatic carbocycles. The highest BCUT2D eigenvalue weighted by atomic mass is 35.5. The van der Waals surface area contributed by atoms with E-state index in [4.69, 9.17) is 16.7 Å². The van der Waals surface area contributed by atoms with E-state index in [1.165, 1.54) is 4.90 Å². The summed E-state index contributed by atoms with van der Waals surface area (Å²) in [4.78, 5) is 23.0. The Morgan fingerprint density at radius 1 is 1.40 bits per heavy atom. The van der Waals surface area contributed by atoms with Gasteiger partial charge in [0, 0.05) is 43.6 Å². The van der Waals surface area contributed by atoms with Crippen LogP contribution in [0.4, 0.5) is 4.79 Å². The van der Waals surface area contributed by atoms with Gasteiger partial charge in [0.2, 0.25) is 5.28 Å². The predicted molar refractivity (Wildman–Crippen MR) is 73.6 cm³/mol. The topological polar surface area (TPSA) is 69.6 Å². The van der Waals surface area contributed by atoms with Crippen LogP contribution in [-0.4, -0.2) is 56.6 Å². The van der Waals surface area contributed by atoms with Crippen molar-refractivity contribution in [2.75, 3.05) is 19.6 Å². The van der Waals surface area contributed by atoms with Crippen LogP contribution in [0.1, 0.15) is 18.4 Å². The summed E-state index contributed by atoms with van der Waals surface area (Å²) in [5.41, 5.74) is 1.02. The van der Waals surface area contributed by atoms with Crippen LogP contribution in [0.5, 0.6) is 0 Å². The maximum absolute atomic E-state index is 11.1. The average Bonchev–Trinajstić information content (AvgIpc) is 2.87. The monoisotopic (exact) mass is 296 g/mol. The summed E-state index contributed by atoms with van der Waals surface area (Å²) in [6.07, 6.45) is 4.89. The Kier molecular flexibility index (Phi) is 3.76. The Bertz CT molecular complexity index is 496. The first kappa shape index (κ1) is 13.6. The highest BCUT2D eigenvalue weighted by Crippen LogP contribution is 2.31. The molecule has 2 aliphatic heterocycles. The molecule has 3 rings (SSSR count). The third kappa shape index (κ3) is 2.71. The minimum Gasteiger partial charge on any atom is -0.465 e. The zero-order valence-corrected chi connectivity index (χ0v) is 11.8. The Hall–Kier alpha value is -1.40. The number of fused-ring (bicyclic) bond motifs is 1. The van der Waals surface area contributed by atoms with E-state index in [1.807, 2.05) is 0 Å². The Morgan fingerprint density at radius 3 is 2.85 bits per heavy atom. The molecule has 0 bridgehead atoms. The first-order valence-electron chi connectivity index (χ1n) is 6.82. The van der Waals surface area contributed by atoms with Crippen molar-refractivity contribution >= 4 is 17.7 Å². The molecule has 0 saturated carbocycles. The van der Waals surface area contributed by atoms with Crippen LogP contribution in [0.15, 0.2) is 12.4 Å². The molecule has 1 N–H and O–H groups in total. The summed E-state index contributed by atoms with van der Waals surface area (Å²) < 4.78 is 0. The first-order chi connectivity index (χ1) is 9.63. The lowest BCUT2D eigenvalue weighted by molar-refractivity contribution is 0.114. The van der Waals surface area contributed by atoms with Crippen LogP contribution in [0, 0.1) is 5.92 Å². The number of aromatic nitrogens is 2. The number of hydrogen-bond acceptors (Lipinski definition) is 4. The van der Waals surface area contributed by atoms with E-state index in [-0.39, 0.29) is 5.28 Å². The van der Waals surface area contributed by atoms with Gasteiger partial charge in [0.1, 0.15) is 0 Å². The SMILES string of the molecule is O=C(O)N1C[C@@H]2CCCN(Cc3cnc(Cl)nc3)[C@@H]2C1. The van der Waals surface area contributed by atoms with E-state index in [2.05, 4.69) is 14.9 Å². The maximum Gasteiger partial charge on any atom is 0.407 e. The van der Waals surface area contributed by atoms with E-state index in [1.54, 1.807) is 12.4 Å². The normalized spacial score (nSPS) is 26.6. The van der Waals surface area contributed by atoms with E-state index < -0.39 is 6.09 Å². The smallest absolute Gasteiger partial charge is 0.407 e. The summed E-state index contributed by atoms with van der Waals surface area (Å²) in [5.74, 6) is 0.452. The number of hydrogen-bond donors (Lipinski definition) is 1. The number of piperidine rings is 1. The van der Waals surface area contributed by atoms with Crippen molar-refractivity contribution in [1.29, 1.82) is 0 Å².